The average molecular weight is 269 g/mol. The zero-order chi connectivity index (χ0) is 14.2. The molecule has 1 amide bonds. The highest BCUT2D eigenvalue weighted by atomic mass is 19.1. The van der Waals surface area contributed by atoms with Crippen molar-refractivity contribution in [2.24, 2.45) is 0 Å². The van der Waals surface area contributed by atoms with E-state index in [1.807, 2.05) is 30.3 Å². The monoisotopic (exact) mass is 269 g/mol. The molecule has 0 spiro atoms. The van der Waals surface area contributed by atoms with Crippen molar-refractivity contribution in [3.05, 3.63) is 65.5 Å². The maximum Gasteiger partial charge on any atom is 0.235 e. The van der Waals surface area contributed by atoms with Gasteiger partial charge in [-0.25, -0.2) is 4.39 Å². The van der Waals surface area contributed by atoms with E-state index in [-0.39, 0.29) is 11.7 Å². The first kappa shape index (κ1) is 12.9. The second-order valence-electron chi connectivity index (χ2n) is 5.36. The maximum atomic E-state index is 13.1. The normalized spacial score (nSPS) is 15.7. The second-order valence-corrected chi connectivity index (χ2v) is 5.36. The van der Waals surface area contributed by atoms with Crippen LogP contribution < -0.4 is 5.32 Å². The van der Waals surface area contributed by atoms with Gasteiger partial charge in [0.2, 0.25) is 5.91 Å². The number of anilines is 1. The van der Waals surface area contributed by atoms with E-state index in [4.69, 9.17) is 0 Å². The zero-order valence-corrected chi connectivity index (χ0v) is 11.3. The van der Waals surface area contributed by atoms with Gasteiger partial charge in [0, 0.05) is 5.69 Å². The van der Waals surface area contributed by atoms with Crippen LogP contribution in [-0.2, 0) is 10.2 Å². The van der Waals surface area contributed by atoms with E-state index in [1.54, 1.807) is 13.0 Å². The molecular formula is C17H16FNO. The predicted molar refractivity (Wildman–Crippen MR) is 77.1 cm³/mol. The van der Waals surface area contributed by atoms with Crippen molar-refractivity contribution >= 4 is 11.6 Å². The van der Waals surface area contributed by atoms with E-state index >= 15 is 0 Å². The summed E-state index contributed by atoms with van der Waals surface area (Å²) in [5, 5.41) is 2.93. The first-order chi connectivity index (χ1) is 9.62. The van der Waals surface area contributed by atoms with E-state index in [1.165, 1.54) is 12.1 Å². The van der Waals surface area contributed by atoms with Gasteiger partial charge in [-0.05, 0) is 49.1 Å². The molecule has 0 bridgehead atoms. The molecule has 0 saturated heterocycles. The highest BCUT2D eigenvalue weighted by Gasteiger charge is 2.51. The van der Waals surface area contributed by atoms with Crippen LogP contribution in [-0.4, -0.2) is 5.91 Å². The van der Waals surface area contributed by atoms with E-state index < -0.39 is 5.41 Å². The Morgan fingerprint density at radius 3 is 2.45 bits per heavy atom. The number of hydrogen-bond donors (Lipinski definition) is 1. The molecule has 1 aliphatic carbocycles. The topological polar surface area (TPSA) is 29.1 Å². The van der Waals surface area contributed by atoms with Crippen LogP contribution in [0, 0.1) is 12.7 Å². The summed E-state index contributed by atoms with van der Waals surface area (Å²) in [5.74, 6) is -0.289. The lowest BCUT2D eigenvalue weighted by molar-refractivity contribution is -0.118. The molecule has 0 radical (unpaired) electrons. The third kappa shape index (κ3) is 2.20. The molecule has 3 heteroatoms. The van der Waals surface area contributed by atoms with Crippen LogP contribution in [0.1, 0.15) is 24.0 Å². The van der Waals surface area contributed by atoms with Crippen molar-refractivity contribution in [1.29, 1.82) is 0 Å². The summed E-state index contributed by atoms with van der Waals surface area (Å²) in [7, 11) is 0. The fourth-order valence-corrected chi connectivity index (χ4v) is 2.54. The van der Waals surface area contributed by atoms with Gasteiger partial charge in [-0.3, -0.25) is 4.79 Å². The van der Waals surface area contributed by atoms with Crippen LogP contribution in [0.25, 0.3) is 0 Å². The van der Waals surface area contributed by atoms with E-state index in [2.05, 4.69) is 5.32 Å². The molecule has 1 fully saturated rings. The lowest BCUT2D eigenvalue weighted by Gasteiger charge is -2.17. The van der Waals surface area contributed by atoms with Crippen LogP contribution >= 0.6 is 0 Å². The van der Waals surface area contributed by atoms with Gasteiger partial charge in [0.25, 0.3) is 0 Å². The van der Waals surface area contributed by atoms with E-state index in [9.17, 15) is 9.18 Å². The van der Waals surface area contributed by atoms with Gasteiger partial charge in [-0.2, -0.15) is 0 Å². The minimum absolute atomic E-state index is 0.00147. The summed E-state index contributed by atoms with van der Waals surface area (Å²) in [5.41, 5.74) is 2.07. The lowest BCUT2D eigenvalue weighted by atomic mass is 9.95. The van der Waals surface area contributed by atoms with Crippen molar-refractivity contribution in [2.75, 3.05) is 5.32 Å². The van der Waals surface area contributed by atoms with Gasteiger partial charge in [0.15, 0.2) is 0 Å². The number of benzene rings is 2. The number of nitrogens with one attached hydrogen (secondary N) is 1. The van der Waals surface area contributed by atoms with Crippen molar-refractivity contribution in [3.8, 4) is 0 Å². The van der Waals surface area contributed by atoms with Crippen molar-refractivity contribution in [2.45, 2.75) is 25.2 Å². The van der Waals surface area contributed by atoms with Crippen LogP contribution in [0.3, 0.4) is 0 Å². The number of carbonyl (C=O) groups excluding carboxylic acids is 1. The fourth-order valence-electron chi connectivity index (χ4n) is 2.54. The van der Waals surface area contributed by atoms with Crippen molar-refractivity contribution < 1.29 is 9.18 Å². The Labute approximate surface area is 117 Å². The Balaban J connectivity index is 1.83. The standard InChI is InChI=1S/C17H16FNO/c1-12-11-14(18)7-8-15(12)19-16(20)17(9-10-17)13-5-3-2-4-6-13/h2-8,11H,9-10H2,1H3,(H,19,20). The molecule has 0 aromatic heterocycles. The van der Waals surface area contributed by atoms with Crippen LogP contribution in [0.5, 0.6) is 0 Å². The fraction of sp³-hybridized carbons (Fsp3) is 0.235. The minimum atomic E-state index is -0.401. The molecule has 2 aromatic carbocycles. The first-order valence-electron chi connectivity index (χ1n) is 6.75. The zero-order valence-electron chi connectivity index (χ0n) is 11.3. The summed E-state index contributed by atoms with van der Waals surface area (Å²) < 4.78 is 13.1. The van der Waals surface area contributed by atoms with Gasteiger partial charge in [-0.1, -0.05) is 30.3 Å². The second kappa shape index (κ2) is 4.75. The summed E-state index contributed by atoms with van der Waals surface area (Å²) >= 11 is 0. The smallest absolute Gasteiger partial charge is 0.235 e. The number of rotatable bonds is 3. The molecule has 0 atom stereocenters. The maximum absolute atomic E-state index is 13.1. The quantitative estimate of drug-likeness (QED) is 0.902. The molecule has 0 unspecified atom stereocenters. The summed E-state index contributed by atoms with van der Waals surface area (Å²) in [6, 6.07) is 14.2. The highest BCUT2D eigenvalue weighted by molar-refractivity contribution is 6.01. The Hall–Kier alpha value is -2.16. The number of carbonyl (C=O) groups is 1. The number of halogens is 1. The van der Waals surface area contributed by atoms with Gasteiger partial charge in [0.1, 0.15) is 5.82 Å². The van der Waals surface area contributed by atoms with E-state index in [0.717, 1.165) is 24.0 Å². The third-order valence-electron chi connectivity index (χ3n) is 3.95. The summed E-state index contributed by atoms with van der Waals surface area (Å²) in [6.07, 6.45) is 1.73. The molecule has 1 N–H and O–H groups in total. The first-order valence-corrected chi connectivity index (χ1v) is 6.75. The Bertz CT molecular complexity index is 647. The van der Waals surface area contributed by atoms with Crippen LogP contribution in [0.4, 0.5) is 10.1 Å². The van der Waals surface area contributed by atoms with Crippen LogP contribution in [0.2, 0.25) is 0 Å². The SMILES string of the molecule is Cc1cc(F)ccc1NC(=O)C1(c2ccccc2)CC1. The van der Waals surface area contributed by atoms with Crippen molar-refractivity contribution in [3.63, 3.8) is 0 Å². The van der Waals surface area contributed by atoms with Gasteiger partial charge in [0.05, 0.1) is 5.41 Å². The molecule has 0 heterocycles. The molecular weight excluding hydrogens is 253 g/mol. The Morgan fingerprint density at radius 1 is 1.15 bits per heavy atom. The molecule has 2 aromatic rings. The molecule has 2 nitrogen and oxygen atoms in total. The highest BCUT2D eigenvalue weighted by Crippen LogP contribution is 2.49. The Kier molecular flexibility index (Phi) is 3.05. The number of amides is 1. The third-order valence-corrected chi connectivity index (χ3v) is 3.95. The number of hydrogen-bond acceptors (Lipinski definition) is 1. The average Bonchev–Trinajstić information content (AvgIpc) is 3.24. The molecule has 3 rings (SSSR count). The molecule has 1 saturated carbocycles. The summed E-state index contributed by atoms with van der Waals surface area (Å²) in [6.45, 7) is 1.79. The molecule has 0 aliphatic heterocycles. The van der Waals surface area contributed by atoms with E-state index in [0.29, 0.717) is 5.69 Å². The molecule has 1 aliphatic rings. The largest absolute Gasteiger partial charge is 0.325 e. The lowest BCUT2D eigenvalue weighted by Crippen LogP contribution is -2.28. The van der Waals surface area contributed by atoms with Crippen LogP contribution in [0.15, 0.2) is 48.5 Å². The van der Waals surface area contributed by atoms with Crippen molar-refractivity contribution in [1.82, 2.24) is 0 Å². The van der Waals surface area contributed by atoms with Gasteiger partial charge in [-0.15, -0.1) is 0 Å². The predicted octanol–water partition coefficient (Wildman–Crippen LogP) is 3.80. The number of aryl methyl sites for hydroxylation is 1. The van der Waals surface area contributed by atoms with Gasteiger partial charge < -0.3 is 5.32 Å². The minimum Gasteiger partial charge on any atom is -0.325 e. The molecule has 102 valence electrons. The van der Waals surface area contributed by atoms with Gasteiger partial charge >= 0.3 is 0 Å². The summed E-state index contributed by atoms with van der Waals surface area (Å²) in [4.78, 5) is 12.5. The molecule has 20 heavy (non-hydrogen) atoms. The Morgan fingerprint density at radius 2 is 1.85 bits per heavy atom.